The normalized spacial score (nSPS) is 14.0. The summed E-state index contributed by atoms with van der Waals surface area (Å²) in [7, 11) is 1.64. The Labute approximate surface area is 170 Å². The monoisotopic (exact) mass is 393 g/mol. The number of piperazine rings is 1. The maximum Gasteiger partial charge on any atom is 0.229 e. The Hall–Kier alpha value is -3.35. The molecule has 1 aromatic heterocycles. The van der Waals surface area contributed by atoms with Gasteiger partial charge in [0.2, 0.25) is 5.95 Å². The summed E-state index contributed by atoms with van der Waals surface area (Å²) in [5.41, 5.74) is 2.35. The fourth-order valence-electron chi connectivity index (χ4n) is 3.52. The van der Waals surface area contributed by atoms with E-state index in [1.54, 1.807) is 13.2 Å². The average Bonchev–Trinajstić information content (AvgIpc) is 2.74. The first-order valence-electron chi connectivity index (χ1n) is 9.64. The van der Waals surface area contributed by atoms with E-state index in [1.807, 2.05) is 49.4 Å². The van der Waals surface area contributed by atoms with Crippen molar-refractivity contribution in [3.8, 4) is 5.75 Å². The van der Waals surface area contributed by atoms with Crippen LogP contribution >= 0.6 is 0 Å². The number of methoxy groups -OCH3 is 1. The molecule has 7 heteroatoms. The molecule has 2 aromatic carbocycles. The SMILES string of the molecule is COc1ccccc1Nc1nc(C)cc(N2CCN(c3ccccc3F)CC2)n1. The van der Waals surface area contributed by atoms with E-state index in [0.717, 1.165) is 49.1 Å². The predicted molar refractivity (Wildman–Crippen MR) is 114 cm³/mol. The zero-order chi connectivity index (χ0) is 20.2. The summed E-state index contributed by atoms with van der Waals surface area (Å²) < 4.78 is 19.5. The first-order chi connectivity index (χ1) is 14.1. The van der Waals surface area contributed by atoms with E-state index in [2.05, 4.69) is 20.1 Å². The number of benzene rings is 2. The summed E-state index contributed by atoms with van der Waals surface area (Å²) >= 11 is 0. The molecule has 2 heterocycles. The molecule has 0 amide bonds. The first-order valence-corrected chi connectivity index (χ1v) is 9.64. The summed E-state index contributed by atoms with van der Waals surface area (Å²) in [6.45, 7) is 4.95. The van der Waals surface area contributed by atoms with Crippen molar-refractivity contribution in [1.82, 2.24) is 9.97 Å². The van der Waals surface area contributed by atoms with E-state index in [4.69, 9.17) is 9.72 Å². The Balaban J connectivity index is 1.49. The van der Waals surface area contributed by atoms with Gasteiger partial charge in [0.1, 0.15) is 17.4 Å². The maximum atomic E-state index is 14.1. The lowest BCUT2D eigenvalue weighted by Gasteiger charge is -2.37. The Morgan fingerprint density at radius 3 is 2.38 bits per heavy atom. The minimum Gasteiger partial charge on any atom is -0.495 e. The topological polar surface area (TPSA) is 53.5 Å². The molecule has 4 rings (SSSR count). The molecule has 150 valence electrons. The van der Waals surface area contributed by atoms with Gasteiger partial charge in [0, 0.05) is 37.9 Å². The predicted octanol–water partition coefficient (Wildman–Crippen LogP) is 4.00. The van der Waals surface area contributed by atoms with E-state index in [-0.39, 0.29) is 5.82 Å². The second-order valence-corrected chi connectivity index (χ2v) is 6.94. The van der Waals surface area contributed by atoms with Crippen LogP contribution in [-0.2, 0) is 0 Å². The van der Waals surface area contributed by atoms with Crippen LogP contribution in [0.3, 0.4) is 0 Å². The van der Waals surface area contributed by atoms with Crippen LogP contribution in [-0.4, -0.2) is 43.3 Å². The van der Waals surface area contributed by atoms with Gasteiger partial charge in [0.25, 0.3) is 0 Å². The highest BCUT2D eigenvalue weighted by atomic mass is 19.1. The lowest BCUT2D eigenvalue weighted by atomic mass is 10.2. The minimum atomic E-state index is -0.179. The molecule has 1 aliphatic heterocycles. The molecule has 0 unspecified atom stereocenters. The molecule has 0 bridgehead atoms. The third-order valence-electron chi connectivity index (χ3n) is 4.99. The first kappa shape index (κ1) is 19.0. The zero-order valence-electron chi connectivity index (χ0n) is 16.6. The van der Waals surface area contributed by atoms with Gasteiger partial charge in [0.15, 0.2) is 0 Å². The van der Waals surface area contributed by atoms with Gasteiger partial charge in [-0.15, -0.1) is 0 Å². The van der Waals surface area contributed by atoms with Crippen LogP contribution in [0.1, 0.15) is 5.69 Å². The van der Waals surface area contributed by atoms with Gasteiger partial charge in [-0.25, -0.2) is 9.37 Å². The molecule has 1 aliphatic rings. The van der Waals surface area contributed by atoms with Crippen molar-refractivity contribution in [2.24, 2.45) is 0 Å². The summed E-state index contributed by atoms with van der Waals surface area (Å²) in [5, 5.41) is 3.25. The molecule has 0 aliphatic carbocycles. The van der Waals surface area contributed by atoms with Crippen molar-refractivity contribution in [2.45, 2.75) is 6.92 Å². The van der Waals surface area contributed by atoms with Crippen molar-refractivity contribution in [3.05, 3.63) is 66.1 Å². The molecule has 3 aromatic rings. The average molecular weight is 393 g/mol. The molecule has 1 saturated heterocycles. The number of halogens is 1. The van der Waals surface area contributed by atoms with Crippen LogP contribution in [0.4, 0.5) is 27.5 Å². The fourth-order valence-corrected chi connectivity index (χ4v) is 3.52. The molecule has 0 saturated carbocycles. The lowest BCUT2D eigenvalue weighted by molar-refractivity contribution is 0.417. The van der Waals surface area contributed by atoms with Crippen molar-refractivity contribution in [3.63, 3.8) is 0 Å². The minimum absolute atomic E-state index is 0.179. The van der Waals surface area contributed by atoms with Gasteiger partial charge < -0.3 is 19.9 Å². The molecule has 1 N–H and O–H groups in total. The smallest absolute Gasteiger partial charge is 0.229 e. The van der Waals surface area contributed by atoms with Crippen molar-refractivity contribution in [1.29, 1.82) is 0 Å². The second kappa shape index (κ2) is 8.34. The van der Waals surface area contributed by atoms with E-state index < -0.39 is 0 Å². The fraction of sp³-hybridized carbons (Fsp3) is 0.273. The van der Waals surface area contributed by atoms with E-state index in [0.29, 0.717) is 11.6 Å². The number of hydrogen-bond acceptors (Lipinski definition) is 6. The third kappa shape index (κ3) is 4.23. The van der Waals surface area contributed by atoms with Crippen LogP contribution < -0.4 is 19.9 Å². The Morgan fingerprint density at radius 1 is 0.931 bits per heavy atom. The molecule has 0 radical (unpaired) electrons. The molecule has 0 atom stereocenters. The van der Waals surface area contributed by atoms with Gasteiger partial charge in [-0.2, -0.15) is 4.98 Å². The lowest BCUT2D eigenvalue weighted by Crippen LogP contribution is -2.47. The molecule has 1 fully saturated rings. The number of hydrogen-bond donors (Lipinski definition) is 1. The van der Waals surface area contributed by atoms with E-state index in [1.165, 1.54) is 6.07 Å². The summed E-state index contributed by atoms with van der Waals surface area (Å²) in [4.78, 5) is 13.5. The summed E-state index contributed by atoms with van der Waals surface area (Å²) in [6.07, 6.45) is 0. The number of para-hydroxylation sites is 3. The van der Waals surface area contributed by atoms with Crippen LogP contribution in [0.25, 0.3) is 0 Å². The summed E-state index contributed by atoms with van der Waals surface area (Å²) in [6, 6.07) is 16.6. The van der Waals surface area contributed by atoms with E-state index >= 15 is 0 Å². The Morgan fingerprint density at radius 2 is 1.62 bits per heavy atom. The van der Waals surface area contributed by atoms with Crippen molar-refractivity contribution < 1.29 is 9.13 Å². The molecular formula is C22H24FN5O. The van der Waals surface area contributed by atoms with Crippen molar-refractivity contribution >= 4 is 23.1 Å². The highest BCUT2D eigenvalue weighted by Crippen LogP contribution is 2.27. The Kier molecular flexibility index (Phi) is 5.46. The molecule has 29 heavy (non-hydrogen) atoms. The van der Waals surface area contributed by atoms with Crippen LogP contribution in [0.2, 0.25) is 0 Å². The van der Waals surface area contributed by atoms with Gasteiger partial charge in [-0.3, -0.25) is 0 Å². The quantitative estimate of drug-likeness (QED) is 0.707. The second-order valence-electron chi connectivity index (χ2n) is 6.94. The molecular weight excluding hydrogens is 369 g/mol. The number of nitrogens with zero attached hydrogens (tertiary/aromatic N) is 4. The highest BCUT2D eigenvalue weighted by Gasteiger charge is 2.21. The largest absolute Gasteiger partial charge is 0.495 e. The van der Waals surface area contributed by atoms with Gasteiger partial charge >= 0.3 is 0 Å². The number of nitrogens with one attached hydrogen (secondary N) is 1. The number of aromatic nitrogens is 2. The number of aryl methyl sites for hydroxylation is 1. The Bertz CT molecular complexity index is 988. The van der Waals surface area contributed by atoms with Crippen LogP contribution in [0.15, 0.2) is 54.6 Å². The van der Waals surface area contributed by atoms with Crippen molar-refractivity contribution in [2.75, 3.05) is 48.4 Å². The molecule has 6 nitrogen and oxygen atoms in total. The van der Waals surface area contributed by atoms with E-state index in [9.17, 15) is 4.39 Å². The van der Waals surface area contributed by atoms with Gasteiger partial charge in [0.05, 0.1) is 18.5 Å². The van der Waals surface area contributed by atoms with Gasteiger partial charge in [-0.1, -0.05) is 24.3 Å². The summed E-state index contributed by atoms with van der Waals surface area (Å²) in [5.74, 6) is 1.95. The van der Waals surface area contributed by atoms with Gasteiger partial charge in [-0.05, 0) is 31.2 Å². The molecule has 0 spiro atoms. The highest BCUT2D eigenvalue weighted by molar-refractivity contribution is 5.63. The number of anilines is 4. The van der Waals surface area contributed by atoms with Crippen LogP contribution in [0, 0.1) is 12.7 Å². The standard InChI is InChI=1S/C22H24FN5O/c1-16-15-21(26-22(24-16)25-18-8-4-6-10-20(18)29-2)28-13-11-27(12-14-28)19-9-5-3-7-17(19)23/h3-10,15H,11-14H2,1-2H3,(H,24,25,26). The number of ether oxygens (including phenoxy) is 1. The zero-order valence-corrected chi connectivity index (χ0v) is 16.6. The third-order valence-corrected chi connectivity index (χ3v) is 4.99. The maximum absolute atomic E-state index is 14.1. The van der Waals surface area contributed by atoms with Crippen LogP contribution in [0.5, 0.6) is 5.75 Å². The number of rotatable bonds is 5.